The van der Waals surface area contributed by atoms with Crippen molar-refractivity contribution in [3.8, 4) is 5.75 Å². The zero-order chi connectivity index (χ0) is 20.7. The van der Waals surface area contributed by atoms with E-state index in [2.05, 4.69) is 0 Å². The summed E-state index contributed by atoms with van der Waals surface area (Å²) in [6.45, 7) is 2.40. The molecule has 0 aliphatic rings. The van der Waals surface area contributed by atoms with E-state index in [1.807, 2.05) is 0 Å². The number of ether oxygens (including phenoxy) is 1. The number of nitrogens with zero attached hydrogens (tertiary/aromatic N) is 1. The Kier molecular flexibility index (Phi) is 8.12. The predicted octanol–water partition coefficient (Wildman–Crippen LogP) is 4.01. The lowest BCUT2D eigenvalue weighted by molar-refractivity contribution is 0.0680. The molecule has 0 saturated carbocycles. The molecular formula is C19H21Cl2NO5S. The Hall–Kier alpha value is -1.80. The highest BCUT2D eigenvalue weighted by molar-refractivity contribution is 7.87. The molecule has 0 spiro atoms. The van der Waals surface area contributed by atoms with E-state index in [0.29, 0.717) is 34.3 Å². The molecule has 152 valence electrons. The van der Waals surface area contributed by atoms with Crippen molar-refractivity contribution in [1.82, 2.24) is 4.90 Å². The van der Waals surface area contributed by atoms with Crippen LogP contribution in [0.1, 0.15) is 22.8 Å². The van der Waals surface area contributed by atoms with Crippen LogP contribution in [-0.4, -0.2) is 45.2 Å². The van der Waals surface area contributed by atoms with Crippen LogP contribution < -0.4 is 4.18 Å². The zero-order valence-corrected chi connectivity index (χ0v) is 17.9. The van der Waals surface area contributed by atoms with Crippen molar-refractivity contribution in [2.45, 2.75) is 13.5 Å². The number of amides is 1. The number of halogens is 2. The molecule has 0 radical (unpaired) electrons. The molecule has 0 aliphatic heterocycles. The Labute approximate surface area is 175 Å². The van der Waals surface area contributed by atoms with Crippen LogP contribution in [0.5, 0.6) is 5.75 Å². The molecule has 0 saturated heterocycles. The first kappa shape index (κ1) is 22.5. The Morgan fingerprint density at radius 2 is 1.79 bits per heavy atom. The molecule has 0 atom stereocenters. The molecule has 6 nitrogen and oxygen atoms in total. The summed E-state index contributed by atoms with van der Waals surface area (Å²) in [5.74, 6) is -0.205. The molecule has 0 fully saturated rings. The van der Waals surface area contributed by atoms with Gasteiger partial charge in [-0.3, -0.25) is 4.79 Å². The molecule has 2 rings (SSSR count). The number of carbonyl (C=O) groups excluding carboxylic acids is 1. The van der Waals surface area contributed by atoms with Crippen LogP contribution in [0.3, 0.4) is 0 Å². The fourth-order valence-electron chi connectivity index (χ4n) is 2.44. The van der Waals surface area contributed by atoms with Gasteiger partial charge in [-0.15, -0.1) is 0 Å². The molecule has 0 heterocycles. The summed E-state index contributed by atoms with van der Waals surface area (Å²) in [4.78, 5) is 14.5. The fraction of sp³-hybridized carbons (Fsp3) is 0.316. The SMILES string of the molecule is CCS(=O)(=O)Oc1cccc(CN(CCOC)C(=O)c2cc(Cl)cc(Cl)c2)c1. The second-order valence-corrected chi connectivity index (χ2v) is 8.69. The van der Waals surface area contributed by atoms with Crippen molar-refractivity contribution in [2.75, 3.05) is 26.0 Å². The van der Waals surface area contributed by atoms with Gasteiger partial charge in [0.25, 0.3) is 5.91 Å². The Balaban J connectivity index is 2.25. The number of methoxy groups -OCH3 is 1. The van der Waals surface area contributed by atoms with Crippen molar-refractivity contribution in [3.63, 3.8) is 0 Å². The predicted molar refractivity (Wildman–Crippen MR) is 110 cm³/mol. The molecule has 1 amide bonds. The molecule has 0 bridgehead atoms. The van der Waals surface area contributed by atoms with Crippen molar-refractivity contribution < 1.29 is 22.1 Å². The molecule has 0 N–H and O–H groups in total. The van der Waals surface area contributed by atoms with Gasteiger partial charge in [-0.25, -0.2) is 0 Å². The number of hydrogen-bond acceptors (Lipinski definition) is 5. The summed E-state index contributed by atoms with van der Waals surface area (Å²) in [5, 5.41) is 0.727. The normalized spacial score (nSPS) is 11.3. The minimum absolute atomic E-state index is 0.134. The fourth-order valence-corrected chi connectivity index (χ4v) is 3.48. The van der Waals surface area contributed by atoms with Gasteiger partial charge in [0.1, 0.15) is 5.75 Å². The summed E-state index contributed by atoms with van der Waals surface area (Å²) < 4.78 is 33.5. The highest BCUT2D eigenvalue weighted by Gasteiger charge is 2.18. The number of benzene rings is 2. The lowest BCUT2D eigenvalue weighted by atomic mass is 10.1. The van der Waals surface area contributed by atoms with E-state index >= 15 is 0 Å². The van der Waals surface area contributed by atoms with Crippen LogP contribution in [0.4, 0.5) is 0 Å². The van der Waals surface area contributed by atoms with E-state index in [4.69, 9.17) is 32.1 Å². The lowest BCUT2D eigenvalue weighted by Crippen LogP contribution is -2.33. The molecule has 0 unspecified atom stereocenters. The highest BCUT2D eigenvalue weighted by Crippen LogP contribution is 2.22. The summed E-state index contributed by atoms with van der Waals surface area (Å²) in [6.07, 6.45) is 0. The van der Waals surface area contributed by atoms with Crippen molar-refractivity contribution in [3.05, 3.63) is 63.6 Å². The topological polar surface area (TPSA) is 72.9 Å². The minimum atomic E-state index is -3.63. The Morgan fingerprint density at radius 1 is 1.11 bits per heavy atom. The molecule has 2 aromatic rings. The number of hydrogen-bond donors (Lipinski definition) is 0. The van der Waals surface area contributed by atoms with Gasteiger partial charge in [-0.2, -0.15) is 8.42 Å². The van der Waals surface area contributed by atoms with E-state index in [-0.39, 0.29) is 24.0 Å². The average molecular weight is 446 g/mol. The number of carbonyl (C=O) groups is 1. The van der Waals surface area contributed by atoms with E-state index in [1.165, 1.54) is 6.92 Å². The molecule has 2 aromatic carbocycles. The van der Waals surface area contributed by atoms with E-state index in [9.17, 15) is 13.2 Å². The van der Waals surface area contributed by atoms with Gasteiger partial charge in [0.05, 0.1) is 12.4 Å². The van der Waals surface area contributed by atoms with Crippen LogP contribution in [0, 0.1) is 0 Å². The maximum atomic E-state index is 12.9. The third-order valence-electron chi connectivity index (χ3n) is 3.81. The third-order valence-corrected chi connectivity index (χ3v) is 5.40. The van der Waals surface area contributed by atoms with E-state index < -0.39 is 10.1 Å². The van der Waals surface area contributed by atoms with Crippen LogP contribution >= 0.6 is 23.2 Å². The smallest absolute Gasteiger partial charge is 0.308 e. The monoisotopic (exact) mass is 445 g/mol. The van der Waals surface area contributed by atoms with Gasteiger partial charge in [0.2, 0.25) is 0 Å². The maximum absolute atomic E-state index is 12.9. The number of rotatable bonds is 9. The third kappa shape index (κ3) is 6.67. The van der Waals surface area contributed by atoms with Crippen LogP contribution in [0.2, 0.25) is 10.0 Å². The largest absolute Gasteiger partial charge is 0.383 e. The van der Waals surface area contributed by atoms with Crippen LogP contribution in [-0.2, 0) is 21.4 Å². The zero-order valence-electron chi connectivity index (χ0n) is 15.5. The second-order valence-electron chi connectivity index (χ2n) is 5.95. The average Bonchev–Trinajstić information content (AvgIpc) is 2.63. The van der Waals surface area contributed by atoms with E-state index in [0.717, 1.165) is 0 Å². The maximum Gasteiger partial charge on any atom is 0.308 e. The van der Waals surface area contributed by atoms with Gasteiger partial charge in [-0.05, 0) is 42.8 Å². The van der Waals surface area contributed by atoms with Crippen LogP contribution in [0.15, 0.2) is 42.5 Å². The first-order valence-corrected chi connectivity index (χ1v) is 10.8. The van der Waals surface area contributed by atoms with Crippen molar-refractivity contribution in [1.29, 1.82) is 0 Å². The summed E-state index contributed by atoms with van der Waals surface area (Å²) in [7, 11) is -2.09. The van der Waals surface area contributed by atoms with Gasteiger partial charge >= 0.3 is 10.1 Å². The summed E-state index contributed by atoms with van der Waals surface area (Å²) >= 11 is 12.0. The standard InChI is InChI=1S/C19H21Cl2NO5S/c1-3-28(24,25)27-18-6-4-5-14(9-18)13-22(7-8-26-2)19(23)15-10-16(20)12-17(21)11-15/h4-6,9-12H,3,7-8,13H2,1-2H3. The Bertz CT molecular complexity index is 913. The van der Waals surface area contributed by atoms with Gasteiger partial charge in [0, 0.05) is 35.8 Å². The molecular weight excluding hydrogens is 425 g/mol. The first-order chi connectivity index (χ1) is 13.2. The quantitative estimate of drug-likeness (QED) is 0.545. The van der Waals surface area contributed by atoms with Gasteiger partial charge < -0.3 is 13.8 Å². The molecule has 0 aliphatic carbocycles. The second kappa shape index (κ2) is 10.1. The van der Waals surface area contributed by atoms with Crippen molar-refractivity contribution >= 4 is 39.2 Å². The van der Waals surface area contributed by atoms with Gasteiger partial charge in [0.15, 0.2) is 0 Å². The minimum Gasteiger partial charge on any atom is -0.383 e. The van der Waals surface area contributed by atoms with Crippen molar-refractivity contribution in [2.24, 2.45) is 0 Å². The molecule has 9 heteroatoms. The highest BCUT2D eigenvalue weighted by atomic mass is 35.5. The molecule has 28 heavy (non-hydrogen) atoms. The van der Waals surface area contributed by atoms with E-state index in [1.54, 1.807) is 54.5 Å². The first-order valence-electron chi connectivity index (χ1n) is 8.49. The van der Waals surface area contributed by atoms with Gasteiger partial charge in [-0.1, -0.05) is 35.3 Å². The lowest BCUT2D eigenvalue weighted by Gasteiger charge is -2.23. The summed E-state index contributed by atoms with van der Waals surface area (Å²) in [6, 6.07) is 11.2. The molecule has 0 aromatic heterocycles. The Morgan fingerprint density at radius 3 is 2.39 bits per heavy atom. The van der Waals surface area contributed by atoms with Crippen LogP contribution in [0.25, 0.3) is 0 Å². The summed E-state index contributed by atoms with van der Waals surface area (Å²) in [5.41, 5.74) is 1.07.